The molecule has 0 unspecified atom stereocenters. The van der Waals surface area contributed by atoms with E-state index in [2.05, 4.69) is 17.6 Å². The van der Waals surface area contributed by atoms with Crippen molar-refractivity contribution in [1.82, 2.24) is 0 Å². The zero-order valence-electron chi connectivity index (χ0n) is 12.1. The van der Waals surface area contributed by atoms with Gasteiger partial charge in [0.05, 0.1) is 4.92 Å². The number of benzene rings is 1. The van der Waals surface area contributed by atoms with E-state index in [0.717, 1.165) is 31.2 Å². The first-order valence-electron chi connectivity index (χ1n) is 7.36. The third-order valence-corrected chi connectivity index (χ3v) is 4.46. The van der Waals surface area contributed by atoms with Crippen molar-refractivity contribution in [3.8, 4) is 0 Å². The van der Waals surface area contributed by atoms with E-state index in [9.17, 15) is 14.9 Å². The molecule has 3 rings (SSSR count). The van der Waals surface area contributed by atoms with E-state index in [4.69, 9.17) is 0 Å². The van der Waals surface area contributed by atoms with Crippen molar-refractivity contribution in [3.63, 3.8) is 0 Å². The molecule has 0 bridgehead atoms. The van der Waals surface area contributed by atoms with Gasteiger partial charge in [-0.25, -0.2) is 0 Å². The van der Waals surface area contributed by atoms with Crippen LogP contribution in [0, 0.1) is 10.1 Å². The number of amides is 1. The van der Waals surface area contributed by atoms with Crippen LogP contribution >= 0.6 is 0 Å². The summed E-state index contributed by atoms with van der Waals surface area (Å²) in [6.45, 7) is 2.10. The Balaban J connectivity index is 1.99. The van der Waals surface area contributed by atoms with Crippen molar-refractivity contribution >= 4 is 23.0 Å². The molecule has 2 N–H and O–H groups in total. The van der Waals surface area contributed by atoms with E-state index in [-0.39, 0.29) is 22.1 Å². The van der Waals surface area contributed by atoms with Crippen LogP contribution in [0.15, 0.2) is 12.1 Å². The first-order chi connectivity index (χ1) is 9.97. The highest BCUT2D eigenvalue weighted by molar-refractivity contribution is 5.95. The van der Waals surface area contributed by atoms with E-state index in [1.54, 1.807) is 12.1 Å². The number of nitrogens with zero attached hydrogens (tertiary/aromatic N) is 1. The summed E-state index contributed by atoms with van der Waals surface area (Å²) >= 11 is 0. The fraction of sp³-hybridized carbons (Fsp3) is 0.533. The molecule has 1 aliphatic carbocycles. The summed E-state index contributed by atoms with van der Waals surface area (Å²) in [5, 5.41) is 17.5. The molecule has 1 saturated carbocycles. The van der Waals surface area contributed by atoms with E-state index in [0.29, 0.717) is 24.2 Å². The number of carbonyl (C=O) groups is 1. The summed E-state index contributed by atoms with van der Waals surface area (Å²) in [7, 11) is 0. The quantitative estimate of drug-likeness (QED) is 0.661. The summed E-state index contributed by atoms with van der Waals surface area (Å²) in [5.74, 6) is -0.0330. The van der Waals surface area contributed by atoms with Crippen molar-refractivity contribution in [2.45, 2.75) is 51.0 Å². The molecule has 0 spiro atoms. The van der Waals surface area contributed by atoms with E-state index in [1.807, 2.05) is 0 Å². The highest BCUT2D eigenvalue weighted by Gasteiger charge is 2.31. The topological polar surface area (TPSA) is 84.3 Å². The molecule has 1 aliphatic heterocycles. The zero-order chi connectivity index (χ0) is 15.0. The second-order valence-corrected chi connectivity index (χ2v) is 6.22. The van der Waals surface area contributed by atoms with Gasteiger partial charge < -0.3 is 10.6 Å². The van der Waals surface area contributed by atoms with Gasteiger partial charge >= 0.3 is 0 Å². The second-order valence-electron chi connectivity index (χ2n) is 6.22. The van der Waals surface area contributed by atoms with Gasteiger partial charge in [0, 0.05) is 23.7 Å². The number of rotatable bonds is 3. The molecule has 6 heteroatoms. The molecule has 112 valence electrons. The molecule has 1 aromatic rings. The lowest BCUT2D eigenvalue weighted by atomic mass is 9.97. The maximum absolute atomic E-state index is 11.5. The Morgan fingerprint density at radius 1 is 1.29 bits per heavy atom. The number of hydrogen-bond donors (Lipinski definition) is 2. The van der Waals surface area contributed by atoms with Crippen LogP contribution in [-0.2, 0) is 11.2 Å². The van der Waals surface area contributed by atoms with Gasteiger partial charge in [-0.2, -0.15) is 0 Å². The Bertz CT molecular complexity index is 606. The standard InChI is InChI=1S/C15H19N3O3/c1-15(6-2-3-7-15)17-12-9-11-10(4-5-14(19)16-11)8-13(12)18(20)21/h8-9,17H,2-7H2,1H3,(H,16,19). The third-order valence-electron chi connectivity index (χ3n) is 4.46. The lowest BCUT2D eigenvalue weighted by Gasteiger charge is -2.27. The number of fused-ring (bicyclic) bond motifs is 1. The summed E-state index contributed by atoms with van der Waals surface area (Å²) in [4.78, 5) is 22.5. The molecule has 1 amide bonds. The zero-order valence-corrected chi connectivity index (χ0v) is 12.1. The van der Waals surface area contributed by atoms with E-state index < -0.39 is 0 Å². The summed E-state index contributed by atoms with van der Waals surface area (Å²) < 4.78 is 0. The summed E-state index contributed by atoms with van der Waals surface area (Å²) in [6.07, 6.45) is 5.23. The fourth-order valence-corrected chi connectivity index (χ4v) is 3.27. The summed E-state index contributed by atoms with van der Waals surface area (Å²) in [5.41, 5.74) is 2.03. The van der Waals surface area contributed by atoms with Crippen molar-refractivity contribution in [2.24, 2.45) is 0 Å². The molecule has 1 fully saturated rings. The minimum atomic E-state index is -0.350. The number of nitrogens with one attached hydrogen (secondary N) is 2. The van der Waals surface area contributed by atoms with Gasteiger partial charge in [0.1, 0.15) is 5.69 Å². The number of aryl methyl sites for hydroxylation is 1. The van der Waals surface area contributed by atoms with E-state index in [1.165, 1.54) is 0 Å². The van der Waals surface area contributed by atoms with Crippen LogP contribution in [0.25, 0.3) is 0 Å². The van der Waals surface area contributed by atoms with Crippen LogP contribution in [0.5, 0.6) is 0 Å². The van der Waals surface area contributed by atoms with E-state index >= 15 is 0 Å². The number of carbonyl (C=O) groups excluding carboxylic acids is 1. The number of nitro benzene ring substituents is 1. The van der Waals surface area contributed by atoms with Crippen LogP contribution in [0.2, 0.25) is 0 Å². The molecule has 1 heterocycles. The second kappa shape index (κ2) is 5.02. The molecule has 0 aromatic heterocycles. The number of anilines is 2. The monoisotopic (exact) mass is 289 g/mol. The van der Waals surface area contributed by atoms with Crippen molar-refractivity contribution in [2.75, 3.05) is 10.6 Å². The molecular weight excluding hydrogens is 270 g/mol. The fourth-order valence-electron chi connectivity index (χ4n) is 3.27. The highest BCUT2D eigenvalue weighted by Crippen LogP contribution is 2.39. The molecule has 0 radical (unpaired) electrons. The molecule has 1 aromatic carbocycles. The minimum absolute atomic E-state index is 0.0330. The van der Waals surface area contributed by atoms with Crippen molar-refractivity contribution in [1.29, 1.82) is 0 Å². The van der Waals surface area contributed by atoms with Crippen molar-refractivity contribution in [3.05, 3.63) is 27.8 Å². The van der Waals surface area contributed by atoms with Gasteiger partial charge in [0.2, 0.25) is 5.91 Å². The largest absolute Gasteiger partial charge is 0.374 e. The Kier molecular flexibility index (Phi) is 3.31. The summed E-state index contributed by atoms with van der Waals surface area (Å²) in [6, 6.07) is 3.31. The number of hydrogen-bond acceptors (Lipinski definition) is 4. The van der Waals surface area contributed by atoms with Crippen LogP contribution in [-0.4, -0.2) is 16.4 Å². The normalized spacial score (nSPS) is 19.8. The van der Waals surface area contributed by atoms with Gasteiger partial charge in [0.25, 0.3) is 5.69 Å². The smallest absolute Gasteiger partial charge is 0.292 e. The van der Waals surface area contributed by atoms with Crippen LogP contribution < -0.4 is 10.6 Å². The molecular formula is C15H19N3O3. The molecule has 21 heavy (non-hydrogen) atoms. The lowest BCUT2D eigenvalue weighted by molar-refractivity contribution is -0.384. The Hall–Kier alpha value is -2.11. The third kappa shape index (κ3) is 2.70. The van der Waals surface area contributed by atoms with Crippen LogP contribution in [0.1, 0.15) is 44.6 Å². The SMILES string of the molecule is CC1(Nc2cc3c(cc2[N+](=O)[O-])CCC(=O)N3)CCCC1. The van der Waals surface area contributed by atoms with Crippen molar-refractivity contribution < 1.29 is 9.72 Å². The predicted molar refractivity (Wildman–Crippen MR) is 80.5 cm³/mol. The predicted octanol–water partition coefficient (Wildman–Crippen LogP) is 3.22. The van der Waals surface area contributed by atoms with Crippen LogP contribution in [0.3, 0.4) is 0 Å². The molecule has 0 saturated heterocycles. The Morgan fingerprint density at radius 3 is 2.67 bits per heavy atom. The Labute approximate surface area is 123 Å². The van der Waals surface area contributed by atoms with Crippen LogP contribution in [0.4, 0.5) is 17.1 Å². The number of nitro groups is 1. The van der Waals surface area contributed by atoms with Gasteiger partial charge in [-0.15, -0.1) is 0 Å². The lowest BCUT2D eigenvalue weighted by Crippen LogP contribution is -2.31. The highest BCUT2D eigenvalue weighted by atomic mass is 16.6. The average molecular weight is 289 g/mol. The average Bonchev–Trinajstić information content (AvgIpc) is 2.84. The molecule has 6 nitrogen and oxygen atoms in total. The minimum Gasteiger partial charge on any atom is -0.374 e. The first-order valence-corrected chi connectivity index (χ1v) is 7.36. The van der Waals surface area contributed by atoms with Gasteiger partial charge in [0.15, 0.2) is 0 Å². The Morgan fingerprint density at radius 2 is 2.00 bits per heavy atom. The first kappa shape index (κ1) is 13.9. The maximum atomic E-state index is 11.5. The molecule has 2 aliphatic rings. The van der Waals surface area contributed by atoms with Gasteiger partial charge in [-0.3, -0.25) is 14.9 Å². The molecule has 0 atom stereocenters. The van der Waals surface area contributed by atoms with Gasteiger partial charge in [-0.05, 0) is 37.8 Å². The maximum Gasteiger partial charge on any atom is 0.292 e. The van der Waals surface area contributed by atoms with Gasteiger partial charge in [-0.1, -0.05) is 12.8 Å².